The summed E-state index contributed by atoms with van der Waals surface area (Å²) >= 11 is 0. The zero-order valence-electron chi connectivity index (χ0n) is 12.8. The standard InChI is InChI=1S/C16H19FN2O4/c1-10(5-11-3-2-4-12(17)6-11)16(22)23-13-7-15(21)19(8-13)9-14(18)20/h2-4,6,10,13H,5,7-9H2,1H3,(H2,18,20)/t10-,13+/m0/s1. The lowest BCUT2D eigenvalue weighted by atomic mass is 10.0. The molecule has 2 rings (SSSR count). The molecule has 0 spiro atoms. The fraction of sp³-hybridized carbons (Fsp3) is 0.438. The van der Waals surface area contributed by atoms with Crippen LogP contribution in [0.5, 0.6) is 0 Å². The molecule has 0 bridgehead atoms. The van der Waals surface area contributed by atoms with Gasteiger partial charge in [-0.3, -0.25) is 14.4 Å². The molecule has 0 aliphatic carbocycles. The zero-order chi connectivity index (χ0) is 17.0. The number of nitrogens with zero attached hydrogens (tertiary/aromatic N) is 1. The van der Waals surface area contributed by atoms with E-state index in [0.717, 1.165) is 0 Å². The largest absolute Gasteiger partial charge is 0.460 e. The Kier molecular flexibility index (Phi) is 5.31. The summed E-state index contributed by atoms with van der Waals surface area (Å²) in [6, 6.07) is 6.03. The molecule has 0 unspecified atom stereocenters. The first-order chi connectivity index (χ1) is 10.8. The summed E-state index contributed by atoms with van der Waals surface area (Å²) in [6.45, 7) is 1.68. The summed E-state index contributed by atoms with van der Waals surface area (Å²) in [7, 11) is 0. The number of benzene rings is 1. The molecule has 0 saturated carbocycles. The van der Waals surface area contributed by atoms with Gasteiger partial charge in [0.05, 0.1) is 25.4 Å². The lowest BCUT2D eigenvalue weighted by molar-refractivity contribution is -0.152. The molecule has 1 aromatic rings. The number of likely N-dealkylation sites (tertiary alicyclic amines) is 1. The normalized spacial score (nSPS) is 18.8. The van der Waals surface area contributed by atoms with E-state index < -0.39 is 23.9 Å². The Morgan fingerprint density at radius 3 is 2.87 bits per heavy atom. The molecule has 1 heterocycles. The van der Waals surface area contributed by atoms with E-state index in [9.17, 15) is 18.8 Å². The van der Waals surface area contributed by atoms with Gasteiger partial charge in [-0.15, -0.1) is 0 Å². The highest BCUT2D eigenvalue weighted by atomic mass is 19.1. The van der Waals surface area contributed by atoms with Crippen molar-refractivity contribution < 1.29 is 23.5 Å². The van der Waals surface area contributed by atoms with E-state index in [2.05, 4.69) is 0 Å². The number of carbonyl (C=O) groups is 3. The van der Waals surface area contributed by atoms with Crippen molar-refractivity contribution in [1.29, 1.82) is 0 Å². The van der Waals surface area contributed by atoms with E-state index in [-0.39, 0.29) is 31.2 Å². The van der Waals surface area contributed by atoms with Crippen LogP contribution < -0.4 is 5.73 Å². The van der Waals surface area contributed by atoms with Crippen molar-refractivity contribution in [1.82, 2.24) is 4.90 Å². The van der Waals surface area contributed by atoms with E-state index in [4.69, 9.17) is 10.5 Å². The van der Waals surface area contributed by atoms with E-state index in [1.807, 2.05) is 0 Å². The topological polar surface area (TPSA) is 89.7 Å². The van der Waals surface area contributed by atoms with Crippen molar-refractivity contribution in [2.24, 2.45) is 11.7 Å². The van der Waals surface area contributed by atoms with Crippen LogP contribution in [0, 0.1) is 11.7 Å². The van der Waals surface area contributed by atoms with Crippen molar-refractivity contribution in [3.8, 4) is 0 Å². The third kappa shape index (κ3) is 4.77. The minimum Gasteiger partial charge on any atom is -0.460 e. The first-order valence-electron chi connectivity index (χ1n) is 7.36. The third-order valence-electron chi connectivity index (χ3n) is 3.64. The molecule has 1 aliphatic rings. The summed E-state index contributed by atoms with van der Waals surface area (Å²) in [4.78, 5) is 35.9. The second-order valence-corrected chi connectivity index (χ2v) is 5.74. The monoisotopic (exact) mass is 322 g/mol. The van der Waals surface area contributed by atoms with Gasteiger partial charge in [0.25, 0.3) is 0 Å². The van der Waals surface area contributed by atoms with Gasteiger partial charge < -0.3 is 15.4 Å². The Bertz CT molecular complexity index is 620. The predicted molar refractivity (Wildman–Crippen MR) is 79.5 cm³/mol. The number of primary amides is 1. The SMILES string of the molecule is C[C@@H](Cc1cccc(F)c1)C(=O)O[C@@H]1CC(=O)N(CC(N)=O)C1. The lowest BCUT2D eigenvalue weighted by Gasteiger charge is -2.17. The Labute approximate surface area is 133 Å². The van der Waals surface area contributed by atoms with Crippen LogP contribution >= 0.6 is 0 Å². The second-order valence-electron chi connectivity index (χ2n) is 5.74. The maximum atomic E-state index is 13.1. The molecule has 124 valence electrons. The highest BCUT2D eigenvalue weighted by molar-refractivity contribution is 5.86. The summed E-state index contributed by atoms with van der Waals surface area (Å²) in [5.41, 5.74) is 5.76. The van der Waals surface area contributed by atoms with Gasteiger partial charge in [-0.1, -0.05) is 19.1 Å². The van der Waals surface area contributed by atoms with Gasteiger partial charge in [0.1, 0.15) is 11.9 Å². The molecule has 2 N–H and O–H groups in total. The van der Waals surface area contributed by atoms with Crippen molar-refractivity contribution in [3.05, 3.63) is 35.6 Å². The third-order valence-corrected chi connectivity index (χ3v) is 3.64. The minimum atomic E-state index is -0.607. The second kappa shape index (κ2) is 7.21. The molecular formula is C16H19FN2O4. The van der Waals surface area contributed by atoms with Gasteiger partial charge in [0, 0.05) is 0 Å². The van der Waals surface area contributed by atoms with Crippen LogP contribution in [0.1, 0.15) is 18.9 Å². The fourth-order valence-corrected chi connectivity index (χ4v) is 2.54. The van der Waals surface area contributed by atoms with Crippen molar-refractivity contribution >= 4 is 17.8 Å². The van der Waals surface area contributed by atoms with Crippen LogP contribution in [0.4, 0.5) is 4.39 Å². The predicted octanol–water partition coefficient (Wildman–Crippen LogP) is 0.634. The van der Waals surface area contributed by atoms with Gasteiger partial charge in [-0.25, -0.2) is 4.39 Å². The van der Waals surface area contributed by atoms with Gasteiger partial charge in [0.2, 0.25) is 11.8 Å². The number of hydrogen-bond acceptors (Lipinski definition) is 4. The van der Waals surface area contributed by atoms with Crippen molar-refractivity contribution in [2.45, 2.75) is 25.9 Å². The summed E-state index contributed by atoms with van der Waals surface area (Å²) in [5, 5.41) is 0. The van der Waals surface area contributed by atoms with Crippen LogP contribution in [0.25, 0.3) is 0 Å². The van der Waals surface area contributed by atoms with E-state index in [1.165, 1.54) is 17.0 Å². The smallest absolute Gasteiger partial charge is 0.309 e. The maximum absolute atomic E-state index is 13.1. The highest BCUT2D eigenvalue weighted by Crippen LogP contribution is 2.17. The number of carbonyl (C=O) groups excluding carboxylic acids is 3. The fourth-order valence-electron chi connectivity index (χ4n) is 2.54. The number of nitrogens with two attached hydrogens (primary N) is 1. The molecule has 1 saturated heterocycles. The van der Waals surface area contributed by atoms with E-state index >= 15 is 0 Å². The molecule has 2 amide bonds. The minimum absolute atomic E-state index is 0.0473. The molecule has 1 fully saturated rings. The molecule has 23 heavy (non-hydrogen) atoms. The van der Waals surface area contributed by atoms with E-state index in [1.54, 1.807) is 19.1 Å². The summed E-state index contributed by atoms with van der Waals surface area (Å²) in [6.07, 6.45) is -0.183. The van der Waals surface area contributed by atoms with Crippen LogP contribution in [-0.2, 0) is 25.5 Å². The van der Waals surface area contributed by atoms with E-state index in [0.29, 0.717) is 12.0 Å². The maximum Gasteiger partial charge on any atom is 0.309 e. The first kappa shape index (κ1) is 16.9. The number of esters is 1. The zero-order valence-corrected chi connectivity index (χ0v) is 12.8. The van der Waals surface area contributed by atoms with Crippen LogP contribution in [0.2, 0.25) is 0 Å². The van der Waals surface area contributed by atoms with Crippen molar-refractivity contribution in [3.63, 3.8) is 0 Å². The van der Waals surface area contributed by atoms with Gasteiger partial charge in [-0.05, 0) is 24.1 Å². The van der Waals surface area contributed by atoms with Crippen LogP contribution in [0.15, 0.2) is 24.3 Å². The number of hydrogen-bond donors (Lipinski definition) is 1. The van der Waals surface area contributed by atoms with Crippen molar-refractivity contribution in [2.75, 3.05) is 13.1 Å². The molecular weight excluding hydrogens is 303 g/mol. The molecule has 1 aromatic carbocycles. The number of amides is 2. The molecule has 6 nitrogen and oxygen atoms in total. The number of ether oxygens (including phenoxy) is 1. The Balaban J connectivity index is 1.87. The quantitative estimate of drug-likeness (QED) is 0.778. The number of halogens is 1. The summed E-state index contributed by atoms with van der Waals surface area (Å²) < 4.78 is 18.5. The van der Waals surface area contributed by atoms with Crippen LogP contribution in [-0.4, -0.2) is 41.9 Å². The Morgan fingerprint density at radius 2 is 2.22 bits per heavy atom. The Morgan fingerprint density at radius 1 is 1.48 bits per heavy atom. The highest BCUT2D eigenvalue weighted by Gasteiger charge is 2.33. The Hall–Kier alpha value is -2.44. The van der Waals surface area contributed by atoms with Crippen LogP contribution in [0.3, 0.4) is 0 Å². The average molecular weight is 322 g/mol. The lowest BCUT2D eigenvalue weighted by Crippen LogP contribution is -2.35. The first-order valence-corrected chi connectivity index (χ1v) is 7.36. The molecule has 7 heteroatoms. The van der Waals surface area contributed by atoms with Gasteiger partial charge in [-0.2, -0.15) is 0 Å². The molecule has 2 atom stereocenters. The molecule has 1 aliphatic heterocycles. The number of rotatable bonds is 6. The molecule has 0 aromatic heterocycles. The van der Waals surface area contributed by atoms with Gasteiger partial charge in [0.15, 0.2) is 0 Å². The average Bonchev–Trinajstić information content (AvgIpc) is 2.77. The van der Waals surface area contributed by atoms with Gasteiger partial charge >= 0.3 is 5.97 Å². The summed E-state index contributed by atoms with van der Waals surface area (Å²) in [5.74, 6) is -2.14. The molecule has 0 radical (unpaired) electrons.